The van der Waals surface area contributed by atoms with Crippen LogP contribution >= 0.6 is 0 Å². The summed E-state index contributed by atoms with van der Waals surface area (Å²) in [6.07, 6.45) is -0.123. The van der Waals surface area contributed by atoms with E-state index in [0.29, 0.717) is 16.6 Å². The predicted octanol–water partition coefficient (Wildman–Crippen LogP) is 3.12. The van der Waals surface area contributed by atoms with Gasteiger partial charge in [0.2, 0.25) is 0 Å². The molecule has 1 N–H and O–H groups in total. The second-order valence-electron chi connectivity index (χ2n) is 4.57. The van der Waals surface area contributed by atoms with E-state index in [9.17, 15) is 9.18 Å². The minimum Gasteiger partial charge on any atom is -0.481 e. The maximum Gasteiger partial charge on any atom is 0.307 e. The van der Waals surface area contributed by atoms with Crippen LogP contribution in [0.1, 0.15) is 31.0 Å². The lowest BCUT2D eigenvalue weighted by Gasteiger charge is -2.10. The predicted molar refractivity (Wildman–Crippen MR) is 67.1 cm³/mol. The van der Waals surface area contributed by atoms with E-state index < -0.39 is 11.8 Å². The average Bonchev–Trinajstić information content (AvgIpc) is 2.29. The van der Waals surface area contributed by atoms with Gasteiger partial charge in [0.25, 0.3) is 0 Å². The lowest BCUT2D eigenvalue weighted by Crippen LogP contribution is -2.04. The summed E-state index contributed by atoms with van der Waals surface area (Å²) in [6.45, 7) is 3.89. The Kier molecular flexibility index (Phi) is 3.28. The van der Waals surface area contributed by atoms with Crippen LogP contribution in [-0.2, 0) is 11.2 Å². The summed E-state index contributed by atoms with van der Waals surface area (Å²) in [7, 11) is 0. The fraction of sp³-hybridized carbons (Fsp3) is 0.286. The topological polar surface area (TPSA) is 50.2 Å². The molecule has 0 unspecified atom stereocenters. The van der Waals surface area contributed by atoms with Gasteiger partial charge in [-0.1, -0.05) is 26.0 Å². The Morgan fingerprint density at radius 2 is 2.17 bits per heavy atom. The molecule has 0 saturated heterocycles. The number of aliphatic carboxylic acids is 1. The molecule has 4 heteroatoms. The van der Waals surface area contributed by atoms with Crippen molar-refractivity contribution < 1.29 is 14.3 Å². The first kappa shape index (κ1) is 12.5. The van der Waals surface area contributed by atoms with Gasteiger partial charge in [-0.05, 0) is 23.6 Å². The number of pyridine rings is 1. The zero-order valence-electron chi connectivity index (χ0n) is 10.3. The third kappa shape index (κ3) is 2.32. The van der Waals surface area contributed by atoms with Gasteiger partial charge >= 0.3 is 5.97 Å². The van der Waals surface area contributed by atoms with Gasteiger partial charge in [-0.2, -0.15) is 0 Å². The molecule has 18 heavy (non-hydrogen) atoms. The first-order valence-electron chi connectivity index (χ1n) is 5.79. The summed E-state index contributed by atoms with van der Waals surface area (Å²) in [5.74, 6) is -1.22. The van der Waals surface area contributed by atoms with Crippen LogP contribution in [-0.4, -0.2) is 16.1 Å². The molecule has 0 radical (unpaired) electrons. The third-order valence-corrected chi connectivity index (χ3v) is 2.83. The van der Waals surface area contributed by atoms with Crippen molar-refractivity contribution in [3.8, 4) is 0 Å². The molecule has 1 heterocycles. The Morgan fingerprint density at radius 1 is 1.44 bits per heavy atom. The van der Waals surface area contributed by atoms with Crippen LogP contribution in [0.5, 0.6) is 0 Å². The van der Waals surface area contributed by atoms with Gasteiger partial charge in [-0.3, -0.25) is 4.79 Å². The summed E-state index contributed by atoms with van der Waals surface area (Å²) in [4.78, 5) is 15.1. The van der Waals surface area contributed by atoms with Crippen LogP contribution in [0.2, 0.25) is 0 Å². The van der Waals surface area contributed by atoms with Gasteiger partial charge in [0.15, 0.2) is 0 Å². The highest BCUT2D eigenvalue weighted by Gasteiger charge is 2.13. The summed E-state index contributed by atoms with van der Waals surface area (Å²) < 4.78 is 13.7. The fourth-order valence-electron chi connectivity index (χ4n) is 1.91. The van der Waals surface area contributed by atoms with Crippen molar-refractivity contribution >= 4 is 16.9 Å². The lowest BCUT2D eigenvalue weighted by molar-refractivity contribution is -0.136. The Bertz CT molecular complexity index is 608. The van der Waals surface area contributed by atoms with Gasteiger partial charge in [-0.25, -0.2) is 9.37 Å². The van der Waals surface area contributed by atoms with Crippen LogP contribution in [0.3, 0.4) is 0 Å². The van der Waals surface area contributed by atoms with Crippen LogP contribution in [0.25, 0.3) is 10.9 Å². The molecule has 0 aliphatic rings. The molecule has 1 aromatic heterocycles. The SMILES string of the molecule is CC(C)c1cc(CC(=O)O)c2cccc(F)c2n1. The molecule has 0 amide bonds. The summed E-state index contributed by atoms with van der Waals surface area (Å²) in [6, 6.07) is 6.36. The molecule has 94 valence electrons. The molecule has 0 aliphatic carbocycles. The van der Waals surface area contributed by atoms with Crippen molar-refractivity contribution in [1.29, 1.82) is 0 Å². The van der Waals surface area contributed by atoms with Gasteiger partial charge in [0.1, 0.15) is 11.3 Å². The number of rotatable bonds is 3. The van der Waals surface area contributed by atoms with E-state index in [1.165, 1.54) is 6.07 Å². The summed E-state index contributed by atoms with van der Waals surface area (Å²) in [5, 5.41) is 9.48. The smallest absolute Gasteiger partial charge is 0.307 e. The number of hydrogen-bond donors (Lipinski definition) is 1. The molecule has 1 aromatic carbocycles. The van der Waals surface area contributed by atoms with Crippen molar-refractivity contribution in [2.75, 3.05) is 0 Å². The molecule has 0 spiro atoms. The van der Waals surface area contributed by atoms with Crippen molar-refractivity contribution in [2.45, 2.75) is 26.2 Å². The second kappa shape index (κ2) is 4.72. The zero-order chi connectivity index (χ0) is 13.3. The van der Waals surface area contributed by atoms with E-state index in [2.05, 4.69) is 4.98 Å². The van der Waals surface area contributed by atoms with E-state index >= 15 is 0 Å². The minimum absolute atomic E-state index is 0.123. The highest BCUT2D eigenvalue weighted by Crippen LogP contribution is 2.24. The monoisotopic (exact) mass is 247 g/mol. The molecule has 2 rings (SSSR count). The zero-order valence-corrected chi connectivity index (χ0v) is 10.3. The number of carbonyl (C=O) groups is 1. The van der Waals surface area contributed by atoms with Crippen LogP contribution in [0.4, 0.5) is 4.39 Å². The molecule has 0 bridgehead atoms. The van der Waals surface area contributed by atoms with E-state index in [4.69, 9.17) is 5.11 Å². The number of nitrogens with zero attached hydrogens (tertiary/aromatic N) is 1. The second-order valence-corrected chi connectivity index (χ2v) is 4.57. The van der Waals surface area contributed by atoms with Crippen molar-refractivity contribution in [2.24, 2.45) is 0 Å². The fourth-order valence-corrected chi connectivity index (χ4v) is 1.91. The van der Waals surface area contributed by atoms with Gasteiger partial charge < -0.3 is 5.11 Å². The van der Waals surface area contributed by atoms with E-state index in [0.717, 1.165) is 0 Å². The first-order chi connectivity index (χ1) is 8.49. The molecule has 0 atom stereocenters. The molecule has 0 aliphatic heterocycles. The van der Waals surface area contributed by atoms with Gasteiger partial charge in [0.05, 0.1) is 6.42 Å². The number of benzene rings is 1. The largest absolute Gasteiger partial charge is 0.481 e. The molecular weight excluding hydrogens is 233 g/mol. The minimum atomic E-state index is -0.929. The number of carboxylic acid groups (broad SMARTS) is 1. The van der Waals surface area contributed by atoms with Crippen molar-refractivity contribution in [1.82, 2.24) is 4.98 Å². The lowest BCUT2D eigenvalue weighted by atomic mass is 10.0. The van der Waals surface area contributed by atoms with Crippen molar-refractivity contribution in [3.05, 3.63) is 41.3 Å². The van der Waals surface area contributed by atoms with Crippen LogP contribution in [0.15, 0.2) is 24.3 Å². The number of halogens is 1. The number of hydrogen-bond acceptors (Lipinski definition) is 2. The average molecular weight is 247 g/mol. The third-order valence-electron chi connectivity index (χ3n) is 2.83. The van der Waals surface area contributed by atoms with Gasteiger partial charge in [0, 0.05) is 11.1 Å². The normalized spacial score (nSPS) is 11.1. The van der Waals surface area contributed by atoms with Crippen LogP contribution < -0.4 is 0 Å². The number of para-hydroxylation sites is 1. The molecule has 0 fully saturated rings. The highest BCUT2D eigenvalue weighted by molar-refractivity contribution is 5.86. The first-order valence-corrected chi connectivity index (χ1v) is 5.79. The standard InChI is InChI=1S/C14H14FNO2/c1-8(2)12-6-9(7-13(17)18)10-4-3-5-11(15)14(10)16-12/h3-6,8H,7H2,1-2H3,(H,17,18). The Labute approximate surface area is 104 Å². The number of fused-ring (bicyclic) bond motifs is 1. The number of carboxylic acids is 1. The van der Waals surface area contributed by atoms with Crippen LogP contribution in [0, 0.1) is 5.82 Å². The Morgan fingerprint density at radius 3 is 2.78 bits per heavy atom. The Hall–Kier alpha value is -1.97. The van der Waals surface area contributed by atoms with Gasteiger partial charge in [-0.15, -0.1) is 0 Å². The van der Waals surface area contributed by atoms with E-state index in [1.54, 1.807) is 18.2 Å². The Balaban J connectivity index is 2.72. The quantitative estimate of drug-likeness (QED) is 0.906. The maximum absolute atomic E-state index is 13.7. The maximum atomic E-state index is 13.7. The van der Waals surface area contributed by atoms with Crippen molar-refractivity contribution in [3.63, 3.8) is 0 Å². The van der Waals surface area contributed by atoms with E-state index in [-0.39, 0.29) is 17.9 Å². The summed E-state index contributed by atoms with van der Waals surface area (Å²) >= 11 is 0. The van der Waals surface area contributed by atoms with E-state index in [1.807, 2.05) is 13.8 Å². The molecule has 3 nitrogen and oxygen atoms in total. The molecule has 0 saturated carbocycles. The summed E-state index contributed by atoms with van der Waals surface area (Å²) in [5.41, 5.74) is 1.57. The number of aromatic nitrogens is 1. The molecular formula is C14H14FNO2. The molecule has 2 aromatic rings. The highest BCUT2D eigenvalue weighted by atomic mass is 19.1.